The normalized spacial score (nSPS) is 12.2. The van der Waals surface area contributed by atoms with Gasteiger partial charge in [0, 0.05) is 5.56 Å². The lowest BCUT2D eigenvalue weighted by Gasteiger charge is -2.11. The van der Waals surface area contributed by atoms with E-state index in [9.17, 15) is 9.18 Å². The second-order valence-electron chi connectivity index (χ2n) is 4.61. The van der Waals surface area contributed by atoms with Crippen LogP contribution in [0.1, 0.15) is 40.4 Å². The molecule has 1 N–H and O–H groups in total. The second-order valence-corrected chi connectivity index (χ2v) is 4.61. The predicted octanol–water partition coefficient (Wildman–Crippen LogP) is 3.53. The highest BCUT2D eigenvalue weighted by molar-refractivity contribution is 5.94. The summed E-state index contributed by atoms with van der Waals surface area (Å²) in [5, 5.41) is 2.77. The Labute approximate surface area is 111 Å². The number of hydrogen-bond donors (Lipinski definition) is 1. The third-order valence-electron chi connectivity index (χ3n) is 2.97. The van der Waals surface area contributed by atoms with Crippen LogP contribution in [-0.4, -0.2) is 5.91 Å². The molecule has 1 unspecified atom stereocenters. The first kappa shape index (κ1) is 13.3. The Morgan fingerprint density at radius 1 is 1.26 bits per heavy atom. The molecule has 0 aliphatic carbocycles. The van der Waals surface area contributed by atoms with E-state index in [-0.39, 0.29) is 17.8 Å². The van der Waals surface area contributed by atoms with E-state index in [0.717, 1.165) is 5.76 Å². The molecule has 0 spiro atoms. The summed E-state index contributed by atoms with van der Waals surface area (Å²) in [6, 6.07) is 7.83. The van der Waals surface area contributed by atoms with Gasteiger partial charge in [-0.2, -0.15) is 0 Å². The fourth-order valence-electron chi connectivity index (χ4n) is 1.77. The Morgan fingerprint density at radius 2 is 2.00 bits per heavy atom. The van der Waals surface area contributed by atoms with E-state index < -0.39 is 0 Å². The van der Waals surface area contributed by atoms with Gasteiger partial charge in [0.1, 0.15) is 17.3 Å². The molecule has 0 aliphatic heterocycles. The van der Waals surface area contributed by atoms with E-state index in [1.54, 1.807) is 19.1 Å². The lowest BCUT2D eigenvalue weighted by molar-refractivity contribution is 0.0934. The molecule has 2 rings (SSSR count). The van der Waals surface area contributed by atoms with Crippen molar-refractivity contribution in [3.8, 4) is 0 Å². The fraction of sp³-hybridized carbons (Fsp3) is 0.267. The van der Waals surface area contributed by atoms with Crippen molar-refractivity contribution in [2.45, 2.75) is 26.8 Å². The number of furan rings is 1. The minimum absolute atomic E-state index is 0.259. The Bertz CT molecular complexity index is 604. The van der Waals surface area contributed by atoms with Crippen molar-refractivity contribution in [3.05, 3.63) is 58.8 Å². The third kappa shape index (κ3) is 3.02. The van der Waals surface area contributed by atoms with Crippen LogP contribution >= 0.6 is 0 Å². The molecule has 2 aromatic rings. The second kappa shape index (κ2) is 5.26. The summed E-state index contributed by atoms with van der Waals surface area (Å²) in [6.45, 7) is 5.32. The Morgan fingerprint density at radius 3 is 2.58 bits per heavy atom. The number of aryl methyl sites for hydroxylation is 2. The lowest BCUT2D eigenvalue weighted by Crippen LogP contribution is -2.26. The van der Waals surface area contributed by atoms with Gasteiger partial charge in [0.15, 0.2) is 0 Å². The van der Waals surface area contributed by atoms with E-state index in [4.69, 9.17) is 4.42 Å². The number of amides is 1. The van der Waals surface area contributed by atoms with Crippen molar-refractivity contribution in [1.82, 2.24) is 5.32 Å². The first-order chi connectivity index (χ1) is 8.97. The van der Waals surface area contributed by atoms with Gasteiger partial charge in [0.2, 0.25) is 0 Å². The zero-order chi connectivity index (χ0) is 14.0. The van der Waals surface area contributed by atoms with Gasteiger partial charge in [-0.1, -0.05) is 6.07 Å². The Balaban J connectivity index is 2.10. The van der Waals surface area contributed by atoms with E-state index in [2.05, 4.69) is 5.32 Å². The average molecular weight is 261 g/mol. The van der Waals surface area contributed by atoms with Gasteiger partial charge in [-0.15, -0.1) is 0 Å². The summed E-state index contributed by atoms with van der Waals surface area (Å²) in [5.74, 6) is 0.769. The fourth-order valence-corrected chi connectivity index (χ4v) is 1.77. The molecule has 0 saturated heterocycles. The molecule has 19 heavy (non-hydrogen) atoms. The van der Waals surface area contributed by atoms with Crippen molar-refractivity contribution in [2.24, 2.45) is 0 Å². The van der Waals surface area contributed by atoms with Gasteiger partial charge < -0.3 is 9.73 Å². The predicted molar refractivity (Wildman–Crippen MR) is 70.5 cm³/mol. The van der Waals surface area contributed by atoms with Crippen LogP contribution in [0.3, 0.4) is 0 Å². The maximum Gasteiger partial charge on any atom is 0.251 e. The summed E-state index contributed by atoms with van der Waals surface area (Å²) in [4.78, 5) is 12.0. The zero-order valence-corrected chi connectivity index (χ0v) is 11.2. The number of carbonyl (C=O) groups is 1. The quantitative estimate of drug-likeness (QED) is 0.918. The zero-order valence-electron chi connectivity index (χ0n) is 11.2. The first-order valence-electron chi connectivity index (χ1n) is 6.10. The molecular weight excluding hydrogens is 245 g/mol. The van der Waals surface area contributed by atoms with Crippen molar-refractivity contribution in [1.29, 1.82) is 0 Å². The molecular formula is C15H16FNO2. The summed E-state index contributed by atoms with van der Waals surface area (Å²) in [5.41, 5.74) is 0.824. The summed E-state index contributed by atoms with van der Waals surface area (Å²) in [6.07, 6.45) is 0. The van der Waals surface area contributed by atoms with Crippen LogP contribution in [0.15, 0.2) is 34.7 Å². The summed E-state index contributed by atoms with van der Waals surface area (Å²) >= 11 is 0. The molecule has 0 fully saturated rings. The number of nitrogens with one attached hydrogen (secondary N) is 1. The summed E-state index contributed by atoms with van der Waals surface area (Å²) < 4.78 is 18.8. The van der Waals surface area contributed by atoms with Crippen molar-refractivity contribution in [3.63, 3.8) is 0 Å². The maximum atomic E-state index is 13.4. The molecule has 0 saturated carbocycles. The molecule has 1 atom stereocenters. The molecule has 1 amide bonds. The molecule has 0 aliphatic rings. The molecule has 4 heteroatoms. The third-order valence-corrected chi connectivity index (χ3v) is 2.97. The Hall–Kier alpha value is -2.10. The topological polar surface area (TPSA) is 42.2 Å². The van der Waals surface area contributed by atoms with Crippen LogP contribution in [0.2, 0.25) is 0 Å². The number of carbonyl (C=O) groups excluding carboxylic acids is 1. The number of halogens is 1. The van der Waals surface area contributed by atoms with E-state index >= 15 is 0 Å². The van der Waals surface area contributed by atoms with Gasteiger partial charge in [-0.3, -0.25) is 4.79 Å². The van der Waals surface area contributed by atoms with Crippen LogP contribution in [0.5, 0.6) is 0 Å². The molecule has 1 aromatic heterocycles. The van der Waals surface area contributed by atoms with E-state index in [1.807, 2.05) is 26.0 Å². The van der Waals surface area contributed by atoms with Gasteiger partial charge in [-0.25, -0.2) is 4.39 Å². The molecule has 0 bridgehead atoms. The molecule has 100 valence electrons. The number of rotatable bonds is 3. The highest BCUT2D eigenvalue weighted by Gasteiger charge is 2.14. The maximum absolute atomic E-state index is 13.4. The van der Waals surface area contributed by atoms with Crippen LogP contribution in [-0.2, 0) is 0 Å². The molecule has 0 radical (unpaired) electrons. The minimum Gasteiger partial charge on any atom is -0.464 e. The summed E-state index contributed by atoms with van der Waals surface area (Å²) in [7, 11) is 0. The number of hydrogen-bond acceptors (Lipinski definition) is 2. The van der Waals surface area contributed by atoms with Crippen LogP contribution in [0.4, 0.5) is 4.39 Å². The van der Waals surface area contributed by atoms with Gasteiger partial charge in [-0.05, 0) is 50.6 Å². The van der Waals surface area contributed by atoms with Crippen LogP contribution in [0, 0.1) is 19.7 Å². The molecule has 1 aromatic carbocycles. The van der Waals surface area contributed by atoms with E-state index in [1.165, 1.54) is 6.07 Å². The smallest absolute Gasteiger partial charge is 0.251 e. The van der Waals surface area contributed by atoms with Crippen molar-refractivity contribution in [2.75, 3.05) is 0 Å². The van der Waals surface area contributed by atoms with Crippen LogP contribution in [0.25, 0.3) is 0 Å². The van der Waals surface area contributed by atoms with Crippen LogP contribution < -0.4 is 5.32 Å². The SMILES string of the molecule is Cc1ccc(C(C)NC(=O)c2ccc(C)c(F)c2)o1. The molecule has 3 nitrogen and oxygen atoms in total. The minimum atomic E-state index is -0.380. The van der Waals surface area contributed by atoms with Gasteiger partial charge >= 0.3 is 0 Å². The standard InChI is InChI=1S/C15H16FNO2/c1-9-4-6-12(8-13(9)16)15(18)17-11(3)14-7-5-10(2)19-14/h4-8,11H,1-3H3,(H,17,18). The van der Waals surface area contributed by atoms with Crippen molar-refractivity contribution >= 4 is 5.91 Å². The number of benzene rings is 1. The van der Waals surface area contributed by atoms with Crippen molar-refractivity contribution < 1.29 is 13.6 Å². The monoisotopic (exact) mass is 261 g/mol. The lowest BCUT2D eigenvalue weighted by atomic mass is 10.1. The highest BCUT2D eigenvalue weighted by Crippen LogP contribution is 2.16. The van der Waals surface area contributed by atoms with E-state index in [0.29, 0.717) is 16.9 Å². The average Bonchev–Trinajstić information content (AvgIpc) is 2.79. The largest absolute Gasteiger partial charge is 0.464 e. The Kier molecular flexibility index (Phi) is 3.69. The molecule has 1 heterocycles. The first-order valence-corrected chi connectivity index (χ1v) is 6.10. The van der Waals surface area contributed by atoms with Gasteiger partial charge in [0.25, 0.3) is 5.91 Å². The van der Waals surface area contributed by atoms with Gasteiger partial charge in [0.05, 0.1) is 6.04 Å². The highest BCUT2D eigenvalue weighted by atomic mass is 19.1.